The lowest BCUT2D eigenvalue weighted by Gasteiger charge is -2.38. The third-order valence-electron chi connectivity index (χ3n) is 15.6. The van der Waals surface area contributed by atoms with Crippen LogP contribution in [0.5, 0.6) is 17.2 Å². The van der Waals surface area contributed by atoms with E-state index in [1.165, 1.54) is 0 Å². The van der Waals surface area contributed by atoms with Gasteiger partial charge in [0.15, 0.2) is 17.3 Å². The highest BCUT2D eigenvalue weighted by atomic mass is 16.5. The molecule has 12 heteroatoms. The van der Waals surface area contributed by atoms with Crippen LogP contribution in [0.4, 0.5) is 5.82 Å². The molecule has 374 valence electrons. The van der Waals surface area contributed by atoms with Crippen molar-refractivity contribution >= 4 is 29.5 Å². The van der Waals surface area contributed by atoms with Crippen LogP contribution in [0, 0.1) is 11.8 Å². The molecule has 0 saturated heterocycles. The summed E-state index contributed by atoms with van der Waals surface area (Å²) in [4.78, 5) is 37.0. The lowest BCUT2D eigenvalue weighted by molar-refractivity contribution is -0.135. The molecule has 72 heavy (non-hydrogen) atoms. The van der Waals surface area contributed by atoms with Crippen molar-refractivity contribution in [2.24, 2.45) is 11.8 Å². The van der Waals surface area contributed by atoms with Crippen LogP contribution >= 0.6 is 0 Å². The Morgan fingerprint density at radius 1 is 0.819 bits per heavy atom. The van der Waals surface area contributed by atoms with Crippen molar-refractivity contribution in [3.8, 4) is 17.2 Å². The maximum Gasteiger partial charge on any atom is 0.163 e. The van der Waals surface area contributed by atoms with E-state index >= 15 is 4.79 Å². The predicted molar refractivity (Wildman–Crippen MR) is 277 cm³/mol. The normalized spacial score (nSPS) is 23.0. The largest absolute Gasteiger partial charge is 0.507 e. The molecule has 12 nitrogen and oxygen atoms in total. The van der Waals surface area contributed by atoms with E-state index in [2.05, 4.69) is 15.3 Å². The first-order chi connectivity index (χ1) is 34.9. The molecular formula is C60H65N3O9. The van der Waals surface area contributed by atoms with Crippen LogP contribution in [-0.4, -0.2) is 83.1 Å². The minimum Gasteiger partial charge on any atom is -0.507 e. The molecule has 0 radical (unpaired) electrons. The second kappa shape index (κ2) is 21.2. The zero-order chi connectivity index (χ0) is 49.9. The number of phenolic OH excluding ortho intramolecular Hbond substituents is 2. The number of Topliss-reactive ketones (excluding diaryl/α,β-unsaturated/α-hetero) is 2. The number of rotatable bonds is 10. The highest BCUT2D eigenvalue weighted by Gasteiger charge is 2.45. The van der Waals surface area contributed by atoms with Crippen LogP contribution in [0.2, 0.25) is 0 Å². The molecule has 1 saturated carbocycles. The number of benzene rings is 4. The van der Waals surface area contributed by atoms with Gasteiger partial charge >= 0.3 is 0 Å². The molecule has 6 atom stereocenters. The number of H-pyrrole nitrogens is 2. The van der Waals surface area contributed by atoms with Gasteiger partial charge in [-0.3, -0.25) is 9.59 Å². The second-order valence-electron chi connectivity index (χ2n) is 20.5. The Kier molecular flexibility index (Phi) is 14.4. The van der Waals surface area contributed by atoms with Gasteiger partial charge in [-0.2, -0.15) is 0 Å². The fourth-order valence-corrected chi connectivity index (χ4v) is 11.8. The van der Waals surface area contributed by atoms with Crippen molar-refractivity contribution in [1.82, 2.24) is 9.97 Å². The number of aromatic nitrogens is 2. The Morgan fingerprint density at radius 2 is 1.64 bits per heavy atom. The summed E-state index contributed by atoms with van der Waals surface area (Å²) in [5, 5.41) is 73.2. The number of anilines is 1. The van der Waals surface area contributed by atoms with Crippen LogP contribution in [0.1, 0.15) is 125 Å². The highest BCUT2D eigenvalue weighted by Crippen LogP contribution is 2.47. The van der Waals surface area contributed by atoms with Crippen molar-refractivity contribution in [2.75, 3.05) is 18.5 Å². The molecule has 3 heterocycles. The number of aromatic hydroxyl groups is 2. The van der Waals surface area contributed by atoms with Gasteiger partial charge < -0.3 is 50.7 Å². The standard InChI is InChI=1S/C60H65N3O9/c64-26-21-48-53(67)16-13-37-28-49(57(69)54(29-37)72-45-10-4-5-11-45)56(68)40-15-14-39(32-44(65)27-36-7-2-1-3-8-36)42(30-40)31-41-19-24-62-59(41)63-35-43-33-51-47(20-25-61-51)50(55(43)58(48)70)34-60(71)22-17-38-9-6-12-52(66)46(38)18-23-60/h1-3,6-9,12,14-15,18-20,23-25,28-30,33,44-45,48,50,55-56,61-66,68-69,71H,4-5,10-11,13,16-17,21-22,26-27,31-32,34-35H2. The molecule has 10 rings (SSSR count). The molecule has 6 unspecified atom stereocenters. The second-order valence-corrected chi connectivity index (χ2v) is 20.5. The number of hydrogen-bond donors (Lipinski definition) is 9. The molecule has 4 aliphatic rings. The number of ether oxygens (including phenoxy) is 1. The summed E-state index contributed by atoms with van der Waals surface area (Å²) in [7, 11) is 0. The number of aliphatic hydroxyl groups is 4. The molecule has 0 spiro atoms. The zero-order valence-electron chi connectivity index (χ0n) is 40.5. The molecule has 4 aromatic carbocycles. The van der Waals surface area contributed by atoms with E-state index < -0.39 is 42.2 Å². The quantitative estimate of drug-likeness (QED) is 0.0596. The van der Waals surface area contributed by atoms with Crippen LogP contribution in [0.25, 0.3) is 12.2 Å². The number of aliphatic hydroxyl groups excluding tert-OH is 3. The number of carbonyl (C=O) groups is 2. The first-order valence-corrected chi connectivity index (χ1v) is 25.7. The molecule has 1 aliphatic heterocycles. The molecule has 1 fully saturated rings. The number of carbonyl (C=O) groups excluding carboxylic acids is 2. The molecule has 9 N–H and O–H groups in total. The van der Waals surface area contributed by atoms with Gasteiger partial charge in [0.2, 0.25) is 0 Å². The van der Waals surface area contributed by atoms with Gasteiger partial charge in [0, 0.05) is 67.0 Å². The molecule has 3 aliphatic carbocycles. The fourth-order valence-electron chi connectivity index (χ4n) is 11.8. The minimum atomic E-state index is -1.39. The Hall–Kier alpha value is -6.70. The summed E-state index contributed by atoms with van der Waals surface area (Å²) in [6.07, 6.45) is 12.9. The number of nitrogens with one attached hydrogen (secondary N) is 3. The van der Waals surface area contributed by atoms with Crippen molar-refractivity contribution in [2.45, 2.75) is 113 Å². The van der Waals surface area contributed by atoms with E-state index in [-0.39, 0.29) is 72.7 Å². The number of ketones is 2. The summed E-state index contributed by atoms with van der Waals surface area (Å²) >= 11 is 0. The van der Waals surface area contributed by atoms with E-state index in [4.69, 9.17) is 4.74 Å². The summed E-state index contributed by atoms with van der Waals surface area (Å²) in [5.41, 5.74) is 7.59. The smallest absolute Gasteiger partial charge is 0.163 e. The van der Waals surface area contributed by atoms with Crippen molar-refractivity contribution in [3.05, 3.63) is 176 Å². The maximum atomic E-state index is 15.6. The van der Waals surface area contributed by atoms with Crippen LogP contribution < -0.4 is 10.1 Å². The van der Waals surface area contributed by atoms with Gasteiger partial charge in [-0.1, -0.05) is 72.8 Å². The average molecular weight is 972 g/mol. The SMILES string of the molecule is O=C1CCc2cc(OC3CCCC3)c(O)c(c2)C(O)c2ccc(CC(O)Cc3ccccc3)c(c2)Cc2cc[nH]c2NCC2=Cc3[nH]ccc3C(CC3(O)C=Cc4c(O)cccc4CC3)C2C(=O)C1CCO. The first kappa shape index (κ1) is 48.9. The predicted octanol–water partition coefficient (Wildman–Crippen LogP) is 8.97. The topological polar surface area (TPSA) is 208 Å². The van der Waals surface area contributed by atoms with Crippen molar-refractivity contribution in [3.63, 3.8) is 0 Å². The van der Waals surface area contributed by atoms with Gasteiger partial charge in [-0.25, -0.2) is 0 Å². The molecule has 2 aromatic heterocycles. The molecule has 0 amide bonds. The Bertz CT molecular complexity index is 2980. The lowest BCUT2D eigenvalue weighted by Crippen LogP contribution is -2.40. The Balaban J connectivity index is 1.06. The summed E-state index contributed by atoms with van der Waals surface area (Å²) in [6, 6.07) is 28.3. The monoisotopic (exact) mass is 971 g/mol. The average Bonchev–Trinajstić information content (AvgIpc) is 4.16. The summed E-state index contributed by atoms with van der Waals surface area (Å²) in [5.74, 6) is -2.45. The van der Waals surface area contributed by atoms with Crippen molar-refractivity contribution < 1.29 is 45.0 Å². The van der Waals surface area contributed by atoms with Crippen LogP contribution in [0.3, 0.4) is 0 Å². The minimum absolute atomic E-state index is 0.0614. The molecular weight excluding hydrogens is 907 g/mol. The Labute approximate surface area is 420 Å². The van der Waals surface area contributed by atoms with E-state index in [0.717, 1.165) is 64.8 Å². The third-order valence-corrected chi connectivity index (χ3v) is 15.6. The number of aryl methyl sites for hydroxylation is 2. The van der Waals surface area contributed by atoms with E-state index in [1.54, 1.807) is 36.4 Å². The van der Waals surface area contributed by atoms with Gasteiger partial charge in [-0.15, -0.1) is 0 Å². The maximum absolute atomic E-state index is 15.6. The number of fused-ring (bicyclic) bond motifs is 8. The number of hydrogen-bond acceptors (Lipinski definition) is 10. The number of aromatic amines is 2. The summed E-state index contributed by atoms with van der Waals surface area (Å²) < 4.78 is 6.44. The molecule has 6 aromatic rings. The number of phenols is 2. The van der Waals surface area contributed by atoms with E-state index in [1.807, 2.05) is 85.2 Å². The molecule has 4 bridgehead atoms. The lowest BCUT2D eigenvalue weighted by atomic mass is 9.67. The zero-order valence-corrected chi connectivity index (χ0v) is 40.5. The van der Waals surface area contributed by atoms with E-state index in [9.17, 15) is 35.4 Å². The summed E-state index contributed by atoms with van der Waals surface area (Å²) in [6.45, 7) is -0.200. The first-order valence-electron chi connectivity index (χ1n) is 25.7. The Morgan fingerprint density at radius 3 is 2.46 bits per heavy atom. The van der Waals surface area contributed by atoms with Crippen LogP contribution in [0.15, 0.2) is 115 Å². The van der Waals surface area contributed by atoms with Gasteiger partial charge in [0.05, 0.1) is 23.7 Å². The van der Waals surface area contributed by atoms with E-state index in [0.29, 0.717) is 60.2 Å². The van der Waals surface area contributed by atoms with Crippen molar-refractivity contribution in [1.29, 1.82) is 0 Å². The van der Waals surface area contributed by atoms with Gasteiger partial charge in [0.25, 0.3) is 0 Å². The van der Waals surface area contributed by atoms with Gasteiger partial charge in [-0.05, 0) is 157 Å². The fraction of sp³-hybridized carbons (Fsp3) is 0.367. The van der Waals surface area contributed by atoms with Gasteiger partial charge in [0.1, 0.15) is 23.5 Å². The highest BCUT2D eigenvalue weighted by molar-refractivity contribution is 6.05. The third kappa shape index (κ3) is 10.5. The van der Waals surface area contributed by atoms with Crippen LogP contribution in [-0.2, 0) is 41.7 Å².